The molecule has 0 bridgehead atoms. The molecule has 82 valence electrons. The van der Waals surface area contributed by atoms with Gasteiger partial charge in [0.2, 0.25) is 0 Å². The van der Waals surface area contributed by atoms with Crippen LogP contribution in [0, 0.1) is 17.0 Å². The van der Waals surface area contributed by atoms with Crippen molar-refractivity contribution in [1.82, 2.24) is 9.97 Å². The lowest BCUT2D eigenvalue weighted by molar-refractivity contribution is -0.384. The monoisotopic (exact) mass is 218 g/mol. The third-order valence-electron chi connectivity index (χ3n) is 2.32. The third kappa shape index (κ3) is 1.72. The first kappa shape index (κ1) is 10.2. The molecule has 0 unspecified atom stereocenters. The zero-order valence-electron chi connectivity index (χ0n) is 8.60. The van der Waals surface area contributed by atoms with Crippen LogP contribution in [0.4, 0.5) is 11.6 Å². The van der Waals surface area contributed by atoms with E-state index in [4.69, 9.17) is 5.73 Å². The van der Waals surface area contributed by atoms with Crippen molar-refractivity contribution in [2.75, 3.05) is 5.73 Å². The number of nitro groups is 1. The number of nitrogens with zero attached hydrogens (tertiary/aromatic N) is 2. The molecular formula is C10H10N4O2. The topological polar surface area (TPSA) is 97.8 Å². The first-order valence-corrected chi connectivity index (χ1v) is 4.64. The normalized spacial score (nSPS) is 10.3. The Hall–Kier alpha value is -2.37. The van der Waals surface area contributed by atoms with E-state index in [1.807, 2.05) is 6.92 Å². The maximum Gasteiger partial charge on any atom is 0.270 e. The van der Waals surface area contributed by atoms with Crippen molar-refractivity contribution in [1.29, 1.82) is 0 Å². The molecule has 6 nitrogen and oxygen atoms in total. The molecule has 0 aliphatic rings. The number of rotatable bonds is 2. The third-order valence-corrected chi connectivity index (χ3v) is 2.32. The summed E-state index contributed by atoms with van der Waals surface area (Å²) in [5.41, 5.74) is 7.85. The van der Waals surface area contributed by atoms with Crippen LogP contribution < -0.4 is 5.73 Å². The van der Waals surface area contributed by atoms with Gasteiger partial charge in [-0.2, -0.15) is 0 Å². The van der Waals surface area contributed by atoms with Crippen LogP contribution in [0.25, 0.3) is 11.3 Å². The van der Waals surface area contributed by atoms with Crippen molar-refractivity contribution < 1.29 is 4.92 Å². The van der Waals surface area contributed by atoms with E-state index in [2.05, 4.69) is 9.97 Å². The predicted octanol–water partition coefficient (Wildman–Crippen LogP) is 1.88. The highest BCUT2D eigenvalue weighted by Crippen LogP contribution is 2.26. The average Bonchev–Trinajstić information content (AvgIpc) is 2.65. The van der Waals surface area contributed by atoms with Gasteiger partial charge in [-0.15, -0.1) is 0 Å². The molecule has 0 atom stereocenters. The number of nitrogens with one attached hydrogen (secondary N) is 1. The SMILES string of the molecule is Cc1ccc([N+](=O)[O-])cc1-c1cnc(N)[nH]1. The quantitative estimate of drug-likeness (QED) is 0.593. The molecule has 1 aromatic carbocycles. The molecule has 1 heterocycles. The van der Waals surface area contributed by atoms with Gasteiger partial charge in [0.25, 0.3) is 5.69 Å². The van der Waals surface area contributed by atoms with Crippen LogP contribution in [0.15, 0.2) is 24.4 Å². The fraction of sp³-hybridized carbons (Fsp3) is 0.100. The van der Waals surface area contributed by atoms with Crippen LogP contribution in [0.1, 0.15) is 5.56 Å². The maximum atomic E-state index is 10.7. The van der Waals surface area contributed by atoms with Gasteiger partial charge in [0.1, 0.15) is 0 Å². The van der Waals surface area contributed by atoms with Crippen LogP contribution in [-0.2, 0) is 0 Å². The molecule has 0 saturated carbocycles. The van der Waals surface area contributed by atoms with Gasteiger partial charge in [0, 0.05) is 17.7 Å². The number of nitrogens with two attached hydrogens (primary N) is 1. The number of anilines is 1. The summed E-state index contributed by atoms with van der Waals surface area (Å²) in [6, 6.07) is 4.67. The number of aromatic amines is 1. The van der Waals surface area contributed by atoms with Crippen molar-refractivity contribution in [2.24, 2.45) is 0 Å². The molecule has 0 aliphatic heterocycles. The Morgan fingerprint density at radius 2 is 2.25 bits per heavy atom. The van der Waals surface area contributed by atoms with Gasteiger partial charge in [-0.05, 0) is 12.5 Å². The lowest BCUT2D eigenvalue weighted by Crippen LogP contribution is -1.91. The molecule has 3 N–H and O–H groups in total. The molecular weight excluding hydrogens is 208 g/mol. The van der Waals surface area contributed by atoms with Gasteiger partial charge in [-0.25, -0.2) is 4.98 Å². The Morgan fingerprint density at radius 1 is 1.50 bits per heavy atom. The van der Waals surface area contributed by atoms with Crippen LogP contribution in [0.5, 0.6) is 0 Å². The number of benzene rings is 1. The summed E-state index contributed by atoms with van der Waals surface area (Å²) in [5.74, 6) is 0.293. The number of aryl methyl sites for hydroxylation is 1. The Morgan fingerprint density at radius 3 is 2.81 bits per heavy atom. The largest absolute Gasteiger partial charge is 0.369 e. The van der Waals surface area contributed by atoms with E-state index >= 15 is 0 Å². The van der Waals surface area contributed by atoms with E-state index < -0.39 is 4.92 Å². The lowest BCUT2D eigenvalue weighted by atomic mass is 10.1. The summed E-state index contributed by atoms with van der Waals surface area (Å²) in [6.45, 7) is 1.87. The summed E-state index contributed by atoms with van der Waals surface area (Å²) in [6.07, 6.45) is 1.56. The highest BCUT2D eigenvalue weighted by molar-refractivity contribution is 5.67. The van der Waals surface area contributed by atoms with E-state index in [1.165, 1.54) is 12.1 Å². The zero-order valence-corrected chi connectivity index (χ0v) is 8.60. The fourth-order valence-corrected chi connectivity index (χ4v) is 1.49. The Kier molecular flexibility index (Phi) is 2.32. The smallest absolute Gasteiger partial charge is 0.270 e. The first-order valence-electron chi connectivity index (χ1n) is 4.64. The number of nitrogen functional groups attached to an aromatic ring is 1. The number of imidazole rings is 1. The number of aromatic nitrogens is 2. The van der Waals surface area contributed by atoms with Crippen molar-refractivity contribution >= 4 is 11.6 Å². The van der Waals surface area contributed by atoms with E-state index in [0.29, 0.717) is 11.6 Å². The molecule has 0 fully saturated rings. The molecule has 0 aliphatic carbocycles. The van der Waals surface area contributed by atoms with Crippen LogP contribution in [-0.4, -0.2) is 14.9 Å². The van der Waals surface area contributed by atoms with Gasteiger partial charge < -0.3 is 10.7 Å². The zero-order chi connectivity index (χ0) is 11.7. The van der Waals surface area contributed by atoms with Crippen molar-refractivity contribution in [3.63, 3.8) is 0 Å². The molecule has 1 aromatic heterocycles. The Bertz CT molecular complexity index is 548. The van der Waals surface area contributed by atoms with Crippen LogP contribution in [0.2, 0.25) is 0 Å². The predicted molar refractivity (Wildman–Crippen MR) is 59.8 cm³/mol. The van der Waals surface area contributed by atoms with Crippen molar-refractivity contribution in [2.45, 2.75) is 6.92 Å². The van der Waals surface area contributed by atoms with Crippen molar-refractivity contribution in [3.8, 4) is 11.3 Å². The lowest BCUT2D eigenvalue weighted by Gasteiger charge is -2.02. The molecule has 0 saturated heterocycles. The molecule has 6 heteroatoms. The summed E-state index contributed by atoms with van der Waals surface area (Å²) in [4.78, 5) is 16.9. The molecule has 0 radical (unpaired) electrons. The minimum absolute atomic E-state index is 0.0498. The van der Waals surface area contributed by atoms with Gasteiger partial charge in [-0.3, -0.25) is 10.1 Å². The van der Waals surface area contributed by atoms with Crippen LogP contribution in [0.3, 0.4) is 0 Å². The van der Waals surface area contributed by atoms with Gasteiger partial charge >= 0.3 is 0 Å². The van der Waals surface area contributed by atoms with E-state index in [-0.39, 0.29) is 5.69 Å². The molecule has 0 spiro atoms. The average molecular weight is 218 g/mol. The number of nitro benzene ring substituents is 1. The molecule has 2 aromatic rings. The minimum atomic E-state index is -0.428. The highest BCUT2D eigenvalue weighted by atomic mass is 16.6. The van der Waals surface area contributed by atoms with Gasteiger partial charge in [0.15, 0.2) is 5.95 Å². The second kappa shape index (κ2) is 3.65. The van der Waals surface area contributed by atoms with E-state index in [0.717, 1.165) is 11.1 Å². The Labute approximate surface area is 91.3 Å². The molecule has 0 amide bonds. The molecule has 2 rings (SSSR count). The first-order chi connectivity index (χ1) is 7.58. The van der Waals surface area contributed by atoms with Gasteiger partial charge in [0.05, 0.1) is 16.8 Å². The van der Waals surface area contributed by atoms with E-state index in [1.54, 1.807) is 12.3 Å². The number of hydrogen-bond acceptors (Lipinski definition) is 4. The second-order valence-electron chi connectivity index (χ2n) is 3.44. The highest BCUT2D eigenvalue weighted by Gasteiger charge is 2.11. The number of hydrogen-bond donors (Lipinski definition) is 2. The minimum Gasteiger partial charge on any atom is -0.369 e. The standard InChI is InChI=1S/C10H10N4O2/c1-6-2-3-7(14(15)16)4-8(6)9-5-12-10(11)13-9/h2-5H,1H3,(H3,11,12,13). The summed E-state index contributed by atoms with van der Waals surface area (Å²) >= 11 is 0. The maximum absolute atomic E-state index is 10.7. The van der Waals surface area contributed by atoms with E-state index in [9.17, 15) is 10.1 Å². The fourth-order valence-electron chi connectivity index (χ4n) is 1.49. The summed E-state index contributed by atoms with van der Waals surface area (Å²) < 4.78 is 0. The van der Waals surface area contributed by atoms with Gasteiger partial charge in [-0.1, -0.05) is 6.07 Å². The number of non-ortho nitro benzene ring substituents is 1. The second-order valence-corrected chi connectivity index (χ2v) is 3.44. The summed E-state index contributed by atoms with van der Waals surface area (Å²) in [5, 5.41) is 10.7. The molecule has 16 heavy (non-hydrogen) atoms. The Balaban J connectivity index is 2.55. The van der Waals surface area contributed by atoms with Crippen molar-refractivity contribution in [3.05, 3.63) is 40.1 Å². The number of H-pyrrole nitrogens is 1. The van der Waals surface area contributed by atoms with Crippen LogP contribution >= 0.6 is 0 Å². The summed E-state index contributed by atoms with van der Waals surface area (Å²) in [7, 11) is 0.